The van der Waals surface area contributed by atoms with E-state index in [4.69, 9.17) is 18.5 Å². The highest BCUT2D eigenvalue weighted by atomic mass is 31.2. The molecule has 9 heteroatoms. The molecule has 0 aliphatic heterocycles. The highest BCUT2D eigenvalue weighted by Gasteiger charge is 2.26. The van der Waals surface area contributed by atoms with E-state index in [1.54, 1.807) is 0 Å². The minimum Gasteiger partial charge on any atom is -0.457 e. The molecule has 0 aliphatic rings. The number of hydrogen-bond donors (Lipinski definition) is 1. The number of rotatable bonds is 43. The van der Waals surface area contributed by atoms with Crippen molar-refractivity contribution in [2.75, 3.05) is 54.1 Å². The number of unbranched alkanes of at least 4 members (excludes halogenated alkanes) is 13. The molecule has 61 heavy (non-hydrogen) atoms. The fourth-order valence-corrected chi connectivity index (χ4v) is 6.70. The zero-order valence-electron chi connectivity index (χ0n) is 39.6. The number of hydrogen-bond acceptors (Lipinski definition) is 6. The van der Waals surface area contributed by atoms with Gasteiger partial charge in [-0.1, -0.05) is 175 Å². The molecule has 0 amide bonds. The molecule has 0 aromatic carbocycles. The zero-order valence-corrected chi connectivity index (χ0v) is 40.5. The molecule has 0 saturated heterocycles. The van der Waals surface area contributed by atoms with Gasteiger partial charge in [-0.2, -0.15) is 0 Å². The third-order valence-corrected chi connectivity index (χ3v) is 10.6. The van der Waals surface area contributed by atoms with Crippen LogP contribution in [0.5, 0.6) is 0 Å². The highest BCUT2D eigenvalue weighted by molar-refractivity contribution is 7.47. The molecule has 0 spiro atoms. The van der Waals surface area contributed by atoms with E-state index in [0.717, 1.165) is 57.8 Å². The molecule has 2 unspecified atom stereocenters. The molecule has 8 nitrogen and oxygen atoms in total. The Kier molecular flexibility index (Phi) is 42.2. The summed E-state index contributed by atoms with van der Waals surface area (Å²) in [4.78, 5) is 22.9. The lowest BCUT2D eigenvalue weighted by Gasteiger charge is -2.24. The van der Waals surface area contributed by atoms with Crippen molar-refractivity contribution in [1.82, 2.24) is 0 Å². The predicted octanol–water partition coefficient (Wildman–Crippen LogP) is 14.6. The minimum atomic E-state index is -4.31. The van der Waals surface area contributed by atoms with Crippen LogP contribution in [0.3, 0.4) is 0 Å². The Morgan fingerprint density at radius 2 is 0.951 bits per heavy atom. The lowest BCUT2D eigenvalue weighted by atomic mass is 10.1. The summed E-state index contributed by atoms with van der Waals surface area (Å²) in [5.74, 6) is -0.399. The summed E-state index contributed by atoms with van der Waals surface area (Å²) in [7, 11) is 1.60. The first-order chi connectivity index (χ1) is 29.6. The average molecular weight is 873 g/mol. The highest BCUT2D eigenvalue weighted by Crippen LogP contribution is 2.43. The van der Waals surface area contributed by atoms with E-state index in [2.05, 4.69) is 98.9 Å². The van der Waals surface area contributed by atoms with Crippen molar-refractivity contribution in [2.45, 2.75) is 174 Å². The Hall–Kier alpha value is -2.58. The Labute approximate surface area is 375 Å². The smallest absolute Gasteiger partial charge is 0.457 e. The van der Waals surface area contributed by atoms with Crippen molar-refractivity contribution in [3.05, 3.63) is 97.2 Å². The van der Waals surface area contributed by atoms with Gasteiger partial charge >= 0.3 is 13.8 Å². The number of allylic oxidation sites excluding steroid dienone is 16. The maximum Gasteiger partial charge on any atom is 0.472 e. The lowest BCUT2D eigenvalue weighted by Crippen LogP contribution is -2.37. The van der Waals surface area contributed by atoms with Crippen molar-refractivity contribution >= 4 is 13.8 Å². The van der Waals surface area contributed by atoms with Gasteiger partial charge in [0, 0.05) is 13.0 Å². The molecule has 0 saturated carbocycles. The number of ether oxygens (including phenoxy) is 2. The van der Waals surface area contributed by atoms with Crippen LogP contribution in [0.2, 0.25) is 0 Å². The van der Waals surface area contributed by atoms with Gasteiger partial charge in [-0.05, 0) is 83.5 Å². The summed E-state index contributed by atoms with van der Waals surface area (Å²) in [5.41, 5.74) is 0. The summed E-state index contributed by atoms with van der Waals surface area (Å²) >= 11 is 0. The van der Waals surface area contributed by atoms with E-state index in [-0.39, 0.29) is 26.2 Å². The summed E-state index contributed by atoms with van der Waals surface area (Å²) in [6.07, 6.45) is 60.3. The van der Waals surface area contributed by atoms with Gasteiger partial charge in [0.05, 0.1) is 34.4 Å². The minimum absolute atomic E-state index is 0.0692. The Morgan fingerprint density at radius 3 is 1.43 bits per heavy atom. The van der Waals surface area contributed by atoms with E-state index in [9.17, 15) is 14.3 Å². The number of phosphoric acid groups is 1. The molecule has 0 bridgehead atoms. The van der Waals surface area contributed by atoms with E-state index >= 15 is 0 Å². The first-order valence-corrected chi connectivity index (χ1v) is 25.5. The number of phosphoric ester groups is 1. The second-order valence-electron chi connectivity index (χ2n) is 16.8. The van der Waals surface area contributed by atoms with Gasteiger partial charge in [-0.3, -0.25) is 13.8 Å². The summed E-state index contributed by atoms with van der Waals surface area (Å²) in [6, 6.07) is 0. The SMILES string of the molecule is CC/C=C\C/C=C\C/C=C\C/C=C\C/C=C\C/C=C\CCC(=O)OC(COCCCCCCCCCCCC/C=C\C/C=C\CCCCC)COP(=O)(O)OCC[N+](C)(C)C. The maximum atomic E-state index is 12.7. The van der Waals surface area contributed by atoms with Crippen molar-refractivity contribution in [2.24, 2.45) is 0 Å². The average Bonchev–Trinajstić information content (AvgIpc) is 3.22. The Balaban J connectivity index is 4.33. The number of carbonyl (C=O) groups is 1. The van der Waals surface area contributed by atoms with Gasteiger partial charge in [0.15, 0.2) is 0 Å². The fraction of sp³-hybridized carbons (Fsp3) is 0.673. The zero-order chi connectivity index (χ0) is 44.8. The molecule has 1 N–H and O–H groups in total. The number of nitrogens with zero attached hydrogens (tertiary/aromatic N) is 1. The summed E-state index contributed by atoms with van der Waals surface area (Å²) < 4.78 is 35.0. The van der Waals surface area contributed by atoms with Gasteiger partial charge in [0.2, 0.25) is 0 Å². The third kappa shape index (κ3) is 48.3. The summed E-state index contributed by atoms with van der Waals surface area (Å²) in [6.45, 7) is 5.35. The van der Waals surface area contributed by atoms with Crippen LogP contribution in [-0.2, 0) is 27.9 Å². The second kappa shape index (κ2) is 44.0. The van der Waals surface area contributed by atoms with Crippen LogP contribution in [0.1, 0.15) is 168 Å². The molecule has 0 fully saturated rings. The van der Waals surface area contributed by atoms with Gasteiger partial charge in [-0.15, -0.1) is 0 Å². The summed E-state index contributed by atoms with van der Waals surface area (Å²) in [5, 5.41) is 0. The molecule has 0 radical (unpaired) electrons. The van der Waals surface area contributed by atoms with E-state index in [1.165, 1.54) is 83.5 Å². The van der Waals surface area contributed by atoms with Crippen LogP contribution < -0.4 is 0 Å². The van der Waals surface area contributed by atoms with Crippen molar-refractivity contribution in [3.8, 4) is 0 Å². The number of quaternary nitrogens is 1. The second-order valence-corrected chi connectivity index (χ2v) is 18.2. The molecule has 0 heterocycles. The number of carbonyl (C=O) groups excluding carboxylic acids is 1. The molecular formula is C52H91NO7P+. The van der Waals surface area contributed by atoms with Crippen LogP contribution in [0, 0.1) is 0 Å². The molecular weight excluding hydrogens is 782 g/mol. The van der Waals surface area contributed by atoms with Gasteiger partial charge in [0.25, 0.3) is 0 Å². The standard InChI is InChI=1S/C52H90NO7P/c1-6-8-10-12-14-16-18-20-22-24-26-28-30-32-34-36-38-40-42-44-47-57-49-51(50-59-61(55,56)58-48-46-53(3,4)5)60-52(54)45-43-41-39-37-35-33-31-29-27-25-23-21-19-17-15-13-11-9-7-2/h9,11,14-17,20-23,27,29,33,35,39,41,51H,6-8,10,12-13,18-19,24-26,28,30-32,34,36-38,40,42-50H2,1-5H3/p+1/b11-9-,16-14-,17-15-,22-20-,23-21-,29-27-,35-33-,41-39-. The van der Waals surface area contributed by atoms with Crippen LogP contribution >= 0.6 is 7.82 Å². The third-order valence-electron chi connectivity index (χ3n) is 9.64. The van der Waals surface area contributed by atoms with Gasteiger partial charge in [-0.25, -0.2) is 4.57 Å². The van der Waals surface area contributed by atoms with E-state index < -0.39 is 19.9 Å². The molecule has 0 aromatic heterocycles. The molecule has 0 rings (SSSR count). The van der Waals surface area contributed by atoms with Crippen LogP contribution in [0.4, 0.5) is 0 Å². The van der Waals surface area contributed by atoms with Gasteiger partial charge < -0.3 is 18.9 Å². The first kappa shape index (κ1) is 58.4. The molecule has 0 aliphatic carbocycles. The van der Waals surface area contributed by atoms with Crippen LogP contribution in [0.25, 0.3) is 0 Å². The van der Waals surface area contributed by atoms with Crippen molar-refractivity contribution in [1.29, 1.82) is 0 Å². The number of likely N-dealkylation sites (N-methyl/N-ethyl adjacent to an activating group) is 1. The monoisotopic (exact) mass is 873 g/mol. The predicted molar refractivity (Wildman–Crippen MR) is 261 cm³/mol. The van der Waals surface area contributed by atoms with Crippen molar-refractivity contribution < 1.29 is 37.3 Å². The molecule has 0 aromatic rings. The normalized spacial score (nSPS) is 14.5. The topological polar surface area (TPSA) is 91.3 Å². The quantitative estimate of drug-likeness (QED) is 0.0214. The molecule has 2 atom stereocenters. The van der Waals surface area contributed by atoms with Crippen molar-refractivity contribution in [3.63, 3.8) is 0 Å². The number of esters is 1. The Bertz CT molecular complexity index is 1290. The van der Waals surface area contributed by atoms with Crippen LogP contribution in [0.15, 0.2) is 97.2 Å². The largest absolute Gasteiger partial charge is 0.472 e. The van der Waals surface area contributed by atoms with E-state index in [1.807, 2.05) is 33.3 Å². The maximum absolute atomic E-state index is 12.7. The Morgan fingerprint density at radius 1 is 0.525 bits per heavy atom. The first-order valence-electron chi connectivity index (χ1n) is 24.0. The lowest BCUT2D eigenvalue weighted by molar-refractivity contribution is -0.870. The van der Waals surface area contributed by atoms with Gasteiger partial charge in [0.1, 0.15) is 19.3 Å². The molecule has 350 valence electrons. The fourth-order valence-electron chi connectivity index (χ4n) is 5.96. The van der Waals surface area contributed by atoms with E-state index in [0.29, 0.717) is 24.1 Å². The van der Waals surface area contributed by atoms with Crippen LogP contribution in [-0.4, -0.2) is 75.6 Å².